The molecule has 3 nitrogen and oxygen atoms in total. The van der Waals surface area contributed by atoms with E-state index in [0.29, 0.717) is 11.9 Å². The third-order valence-corrected chi connectivity index (χ3v) is 3.36. The van der Waals surface area contributed by atoms with Gasteiger partial charge in [0, 0.05) is 37.1 Å². The van der Waals surface area contributed by atoms with Gasteiger partial charge in [-0.05, 0) is 6.92 Å². The average molecular weight is 187 g/mol. The minimum absolute atomic E-state index is 0.306. The summed E-state index contributed by atoms with van der Waals surface area (Å²) >= 11 is 2.01. The number of amidine groups is 1. The van der Waals surface area contributed by atoms with Crippen molar-refractivity contribution in [3.63, 3.8) is 0 Å². The van der Waals surface area contributed by atoms with Crippen molar-refractivity contribution >= 4 is 17.6 Å². The fourth-order valence-corrected chi connectivity index (χ4v) is 2.44. The predicted molar refractivity (Wildman–Crippen MR) is 54.9 cm³/mol. The van der Waals surface area contributed by atoms with Gasteiger partial charge < -0.3 is 5.73 Å². The number of hydrogen-bond acceptors (Lipinski definition) is 3. The highest BCUT2D eigenvalue weighted by molar-refractivity contribution is 7.99. The largest absolute Gasteiger partial charge is 0.388 e. The zero-order valence-corrected chi connectivity index (χ0v) is 8.36. The molecule has 0 saturated carbocycles. The third-order valence-electron chi connectivity index (χ3n) is 2.17. The molecule has 0 aliphatic carbocycles. The first-order valence-electron chi connectivity index (χ1n) is 4.35. The average Bonchev–Trinajstić information content (AvgIpc) is 2.03. The number of thioether (sulfide) groups is 1. The van der Waals surface area contributed by atoms with Crippen LogP contribution in [0.2, 0.25) is 0 Å². The van der Waals surface area contributed by atoms with E-state index >= 15 is 0 Å². The number of hydrogen-bond donors (Lipinski definition) is 2. The molecule has 1 aliphatic rings. The van der Waals surface area contributed by atoms with E-state index in [1.54, 1.807) is 0 Å². The molecule has 0 radical (unpaired) electrons. The van der Waals surface area contributed by atoms with Crippen molar-refractivity contribution in [2.45, 2.75) is 19.4 Å². The molecule has 0 bridgehead atoms. The topological polar surface area (TPSA) is 53.1 Å². The van der Waals surface area contributed by atoms with Gasteiger partial charge >= 0.3 is 0 Å². The zero-order valence-electron chi connectivity index (χ0n) is 7.55. The molecule has 1 unspecified atom stereocenters. The van der Waals surface area contributed by atoms with E-state index in [1.165, 1.54) is 11.5 Å². The Morgan fingerprint density at radius 1 is 1.75 bits per heavy atom. The number of rotatable bonds is 3. The molecule has 0 aromatic heterocycles. The first-order chi connectivity index (χ1) is 5.70. The van der Waals surface area contributed by atoms with Crippen LogP contribution >= 0.6 is 11.8 Å². The van der Waals surface area contributed by atoms with Crippen LogP contribution in [0.15, 0.2) is 0 Å². The zero-order chi connectivity index (χ0) is 8.97. The SMILES string of the molecule is CC1CSCCN1CCC(=N)N. The van der Waals surface area contributed by atoms with Gasteiger partial charge in [0.05, 0.1) is 5.84 Å². The molecule has 70 valence electrons. The highest BCUT2D eigenvalue weighted by Crippen LogP contribution is 2.15. The van der Waals surface area contributed by atoms with Crippen molar-refractivity contribution in [1.82, 2.24) is 4.90 Å². The molecule has 1 saturated heterocycles. The van der Waals surface area contributed by atoms with E-state index in [9.17, 15) is 0 Å². The van der Waals surface area contributed by atoms with Gasteiger partial charge in [-0.1, -0.05) is 0 Å². The summed E-state index contributed by atoms with van der Waals surface area (Å²) in [5, 5.41) is 7.12. The van der Waals surface area contributed by atoms with Crippen LogP contribution in [-0.4, -0.2) is 41.4 Å². The van der Waals surface area contributed by atoms with E-state index in [4.69, 9.17) is 11.1 Å². The van der Waals surface area contributed by atoms with E-state index in [-0.39, 0.29) is 0 Å². The van der Waals surface area contributed by atoms with Crippen molar-refractivity contribution in [1.29, 1.82) is 5.41 Å². The summed E-state index contributed by atoms with van der Waals surface area (Å²) < 4.78 is 0. The highest BCUT2D eigenvalue weighted by Gasteiger charge is 2.17. The molecule has 0 aromatic carbocycles. The standard InChI is InChI=1S/C8H17N3S/c1-7-6-12-5-4-11(7)3-2-8(9)10/h7H,2-6H2,1H3,(H3,9,10). The maximum atomic E-state index is 7.12. The summed E-state index contributed by atoms with van der Waals surface area (Å²) in [6.45, 7) is 4.35. The van der Waals surface area contributed by atoms with Crippen LogP contribution < -0.4 is 5.73 Å². The first-order valence-corrected chi connectivity index (χ1v) is 5.50. The molecule has 1 atom stereocenters. The van der Waals surface area contributed by atoms with Gasteiger partial charge in [0.1, 0.15) is 0 Å². The molecule has 0 spiro atoms. The van der Waals surface area contributed by atoms with E-state index < -0.39 is 0 Å². The quantitative estimate of drug-likeness (QED) is 0.506. The maximum Gasteiger partial charge on any atom is 0.0918 e. The van der Waals surface area contributed by atoms with Gasteiger partial charge in [0.25, 0.3) is 0 Å². The molecule has 0 aromatic rings. The summed E-state index contributed by atoms with van der Waals surface area (Å²) in [6.07, 6.45) is 0.717. The first kappa shape index (κ1) is 9.86. The van der Waals surface area contributed by atoms with Crippen LogP contribution in [0.5, 0.6) is 0 Å². The lowest BCUT2D eigenvalue weighted by molar-refractivity contribution is 0.239. The van der Waals surface area contributed by atoms with Gasteiger partial charge in [0.15, 0.2) is 0 Å². The van der Waals surface area contributed by atoms with Crippen LogP contribution in [0.25, 0.3) is 0 Å². The van der Waals surface area contributed by atoms with Crippen molar-refractivity contribution in [2.75, 3.05) is 24.6 Å². The summed E-state index contributed by atoms with van der Waals surface area (Å²) in [7, 11) is 0. The molecule has 12 heavy (non-hydrogen) atoms. The molecular formula is C8H17N3S. The van der Waals surface area contributed by atoms with Gasteiger partial charge in [-0.2, -0.15) is 11.8 Å². The van der Waals surface area contributed by atoms with Crippen molar-refractivity contribution in [3.05, 3.63) is 0 Å². The summed E-state index contributed by atoms with van der Waals surface area (Å²) in [4.78, 5) is 2.41. The number of nitrogens with two attached hydrogens (primary N) is 1. The Bertz CT molecular complexity index is 160. The smallest absolute Gasteiger partial charge is 0.0918 e. The Morgan fingerprint density at radius 3 is 3.08 bits per heavy atom. The second-order valence-corrected chi connectivity index (χ2v) is 4.38. The maximum absolute atomic E-state index is 7.12. The van der Waals surface area contributed by atoms with Crippen LogP contribution in [0.3, 0.4) is 0 Å². The minimum Gasteiger partial charge on any atom is -0.388 e. The van der Waals surface area contributed by atoms with Crippen molar-refractivity contribution in [3.8, 4) is 0 Å². The Labute approximate surface area is 78.2 Å². The third kappa shape index (κ3) is 3.03. The second-order valence-electron chi connectivity index (χ2n) is 3.24. The van der Waals surface area contributed by atoms with Crippen LogP contribution in [-0.2, 0) is 0 Å². The van der Waals surface area contributed by atoms with Gasteiger partial charge in [0.2, 0.25) is 0 Å². The van der Waals surface area contributed by atoms with Crippen molar-refractivity contribution in [2.24, 2.45) is 5.73 Å². The lowest BCUT2D eigenvalue weighted by Gasteiger charge is -2.32. The molecule has 1 aliphatic heterocycles. The molecule has 3 N–H and O–H groups in total. The summed E-state index contributed by atoms with van der Waals surface area (Å²) in [5.74, 6) is 2.75. The highest BCUT2D eigenvalue weighted by atomic mass is 32.2. The molecule has 1 heterocycles. The number of nitrogens with zero attached hydrogens (tertiary/aromatic N) is 1. The van der Waals surface area contributed by atoms with Gasteiger partial charge in [-0.3, -0.25) is 10.3 Å². The van der Waals surface area contributed by atoms with Crippen LogP contribution in [0, 0.1) is 5.41 Å². The lowest BCUT2D eigenvalue weighted by atomic mass is 10.2. The van der Waals surface area contributed by atoms with Gasteiger partial charge in [-0.25, -0.2) is 0 Å². The van der Waals surface area contributed by atoms with Crippen LogP contribution in [0.1, 0.15) is 13.3 Å². The molecular weight excluding hydrogens is 170 g/mol. The van der Waals surface area contributed by atoms with Crippen molar-refractivity contribution < 1.29 is 0 Å². The van der Waals surface area contributed by atoms with Crippen LogP contribution in [0.4, 0.5) is 0 Å². The number of nitrogens with one attached hydrogen (secondary N) is 1. The monoisotopic (exact) mass is 187 g/mol. The fraction of sp³-hybridized carbons (Fsp3) is 0.875. The lowest BCUT2D eigenvalue weighted by Crippen LogP contribution is -2.41. The van der Waals surface area contributed by atoms with E-state index in [0.717, 1.165) is 19.5 Å². The minimum atomic E-state index is 0.306. The Morgan fingerprint density at radius 2 is 2.50 bits per heavy atom. The predicted octanol–water partition coefficient (Wildman–Crippen LogP) is 0.750. The summed E-state index contributed by atoms with van der Waals surface area (Å²) in [5.41, 5.74) is 5.31. The van der Waals surface area contributed by atoms with E-state index in [1.807, 2.05) is 11.8 Å². The molecule has 0 amide bonds. The van der Waals surface area contributed by atoms with E-state index in [2.05, 4.69) is 11.8 Å². The Hall–Kier alpha value is -0.220. The summed E-state index contributed by atoms with van der Waals surface area (Å²) in [6, 6.07) is 0.656. The normalized spacial score (nSPS) is 25.6. The molecule has 1 rings (SSSR count). The molecule has 1 fully saturated rings. The Kier molecular flexibility index (Phi) is 3.88. The molecule has 4 heteroatoms. The Balaban J connectivity index is 2.24. The van der Waals surface area contributed by atoms with Gasteiger partial charge in [-0.15, -0.1) is 0 Å². The fourth-order valence-electron chi connectivity index (χ4n) is 1.36. The second kappa shape index (κ2) is 4.72.